The van der Waals surface area contributed by atoms with Crippen molar-refractivity contribution >= 4 is 11.4 Å². The molecule has 2 rings (SSSR count). The van der Waals surface area contributed by atoms with Crippen LogP contribution in [-0.4, -0.2) is 59.4 Å². The van der Waals surface area contributed by atoms with Crippen molar-refractivity contribution in [3.05, 3.63) is 33.9 Å². The summed E-state index contributed by atoms with van der Waals surface area (Å²) in [6.07, 6.45) is 0.233. The Kier molecular flexibility index (Phi) is 4.76. The van der Waals surface area contributed by atoms with Gasteiger partial charge < -0.3 is 20.0 Å². The van der Waals surface area contributed by atoms with Crippen LogP contribution in [0.2, 0.25) is 0 Å². The Morgan fingerprint density at radius 1 is 1.48 bits per heavy atom. The Hall–Kier alpha value is -1.70. The number of hydrogen-bond acceptors (Lipinski definition) is 6. The molecule has 1 aromatic rings. The summed E-state index contributed by atoms with van der Waals surface area (Å²) in [6.45, 7) is 0.987. The van der Waals surface area contributed by atoms with Crippen molar-refractivity contribution in [1.29, 1.82) is 0 Å². The van der Waals surface area contributed by atoms with Gasteiger partial charge in [0.1, 0.15) is 0 Å². The van der Waals surface area contributed by atoms with Crippen LogP contribution in [0.4, 0.5) is 11.4 Å². The molecule has 1 aliphatic rings. The summed E-state index contributed by atoms with van der Waals surface area (Å²) in [5.74, 6) is 0. The summed E-state index contributed by atoms with van der Waals surface area (Å²) in [5.41, 5.74) is 1.24. The number of nitro benzene ring substituents is 1. The third-order valence-corrected chi connectivity index (χ3v) is 3.72. The van der Waals surface area contributed by atoms with Crippen LogP contribution in [0.25, 0.3) is 0 Å². The normalized spacial score (nSPS) is 22.0. The van der Waals surface area contributed by atoms with E-state index in [0.717, 1.165) is 12.2 Å². The van der Waals surface area contributed by atoms with Gasteiger partial charge in [0.05, 0.1) is 17.6 Å². The van der Waals surface area contributed by atoms with Crippen molar-refractivity contribution in [2.24, 2.45) is 0 Å². The highest BCUT2D eigenvalue weighted by molar-refractivity contribution is 5.59. The molecule has 0 amide bonds. The van der Waals surface area contributed by atoms with E-state index in [1.807, 2.05) is 23.9 Å². The van der Waals surface area contributed by atoms with E-state index in [1.165, 1.54) is 12.1 Å². The minimum absolute atomic E-state index is 0.0355. The molecular weight excluding hydrogens is 274 g/mol. The third-order valence-electron chi connectivity index (χ3n) is 3.72. The number of aliphatic hydroxyl groups is 2. The molecule has 7 heteroatoms. The molecule has 0 radical (unpaired) electrons. The average Bonchev–Trinajstić information content (AvgIpc) is 2.77. The van der Waals surface area contributed by atoms with Crippen LogP contribution in [-0.2, 0) is 6.61 Å². The zero-order valence-corrected chi connectivity index (χ0v) is 12.3. The first-order chi connectivity index (χ1) is 9.92. The van der Waals surface area contributed by atoms with Crippen molar-refractivity contribution in [3.8, 4) is 0 Å². The van der Waals surface area contributed by atoms with Crippen LogP contribution in [0.3, 0.4) is 0 Å². The number of non-ortho nitro benzene ring substituents is 1. The standard InChI is InChI=1S/C14H21N3O4/c1-15(2)7-12-6-13(19)8-16(12)14-4-3-11(17(20)21)5-10(14)9-18/h3-5,12-13,18-19H,6-9H2,1-2H3. The molecule has 116 valence electrons. The average molecular weight is 295 g/mol. The molecule has 1 saturated heterocycles. The summed E-state index contributed by atoms with van der Waals surface area (Å²) in [7, 11) is 3.93. The molecule has 0 aromatic heterocycles. The lowest BCUT2D eigenvalue weighted by Crippen LogP contribution is -2.38. The van der Waals surface area contributed by atoms with Crippen LogP contribution in [0.5, 0.6) is 0 Å². The summed E-state index contributed by atoms with van der Waals surface area (Å²) in [5, 5.41) is 30.2. The SMILES string of the molecule is CN(C)CC1CC(O)CN1c1ccc([N+](=O)[O-])cc1CO. The topological polar surface area (TPSA) is 90.1 Å². The Morgan fingerprint density at radius 3 is 2.76 bits per heavy atom. The molecule has 0 aliphatic carbocycles. The number of β-amino-alcohol motifs (C(OH)–C–C–N with tert-alkyl or cyclic N) is 1. The molecule has 2 unspecified atom stereocenters. The molecule has 1 aliphatic heterocycles. The molecule has 2 N–H and O–H groups in total. The predicted octanol–water partition coefficient (Wildman–Crippen LogP) is 0.588. The summed E-state index contributed by atoms with van der Waals surface area (Å²) < 4.78 is 0. The number of aliphatic hydroxyl groups excluding tert-OH is 2. The molecule has 21 heavy (non-hydrogen) atoms. The van der Waals surface area contributed by atoms with E-state index < -0.39 is 11.0 Å². The van der Waals surface area contributed by atoms with Crippen LogP contribution in [0.15, 0.2) is 18.2 Å². The van der Waals surface area contributed by atoms with E-state index in [0.29, 0.717) is 18.5 Å². The fourth-order valence-electron chi connectivity index (χ4n) is 2.87. The third kappa shape index (κ3) is 3.49. The second-order valence-corrected chi connectivity index (χ2v) is 5.69. The lowest BCUT2D eigenvalue weighted by atomic mass is 10.1. The van der Waals surface area contributed by atoms with E-state index in [1.54, 1.807) is 6.07 Å². The minimum atomic E-state index is -0.473. The molecule has 0 bridgehead atoms. The van der Waals surface area contributed by atoms with Crippen molar-refractivity contribution in [2.75, 3.05) is 32.1 Å². The lowest BCUT2D eigenvalue weighted by molar-refractivity contribution is -0.384. The van der Waals surface area contributed by atoms with Crippen LogP contribution >= 0.6 is 0 Å². The van der Waals surface area contributed by atoms with Crippen LogP contribution in [0.1, 0.15) is 12.0 Å². The van der Waals surface area contributed by atoms with Gasteiger partial charge in [-0.2, -0.15) is 0 Å². The molecule has 2 atom stereocenters. The van der Waals surface area contributed by atoms with Crippen LogP contribution in [0, 0.1) is 10.1 Å². The monoisotopic (exact) mass is 295 g/mol. The van der Waals surface area contributed by atoms with E-state index in [2.05, 4.69) is 0 Å². The largest absolute Gasteiger partial charge is 0.392 e. The first kappa shape index (κ1) is 15.7. The maximum Gasteiger partial charge on any atom is 0.269 e. The zero-order chi connectivity index (χ0) is 15.6. The van der Waals surface area contributed by atoms with E-state index in [-0.39, 0.29) is 18.3 Å². The number of hydrogen-bond donors (Lipinski definition) is 2. The smallest absolute Gasteiger partial charge is 0.269 e. The van der Waals surface area contributed by atoms with Gasteiger partial charge in [0, 0.05) is 42.5 Å². The van der Waals surface area contributed by atoms with Gasteiger partial charge in [-0.15, -0.1) is 0 Å². The highest BCUT2D eigenvalue weighted by atomic mass is 16.6. The minimum Gasteiger partial charge on any atom is -0.392 e. The Balaban J connectivity index is 2.32. The maximum atomic E-state index is 10.8. The second kappa shape index (κ2) is 6.38. The Bertz CT molecular complexity index is 521. The van der Waals surface area contributed by atoms with Gasteiger partial charge in [0.15, 0.2) is 0 Å². The first-order valence-corrected chi connectivity index (χ1v) is 6.90. The molecule has 1 heterocycles. The molecule has 0 spiro atoms. The number of benzene rings is 1. The molecule has 1 fully saturated rings. The number of nitrogens with zero attached hydrogens (tertiary/aromatic N) is 3. The Labute approximate surface area is 123 Å². The molecule has 7 nitrogen and oxygen atoms in total. The first-order valence-electron chi connectivity index (χ1n) is 6.90. The van der Waals surface area contributed by atoms with Gasteiger partial charge in [0.2, 0.25) is 0 Å². The number of likely N-dealkylation sites (N-methyl/N-ethyl adjacent to an activating group) is 1. The van der Waals surface area contributed by atoms with E-state index >= 15 is 0 Å². The Morgan fingerprint density at radius 2 is 2.19 bits per heavy atom. The van der Waals surface area contributed by atoms with Gasteiger partial charge in [-0.25, -0.2) is 0 Å². The van der Waals surface area contributed by atoms with Crippen molar-refractivity contribution < 1.29 is 15.1 Å². The van der Waals surface area contributed by atoms with E-state index in [4.69, 9.17) is 0 Å². The quantitative estimate of drug-likeness (QED) is 0.610. The zero-order valence-electron chi connectivity index (χ0n) is 12.3. The lowest BCUT2D eigenvalue weighted by Gasteiger charge is -2.30. The van der Waals surface area contributed by atoms with Crippen molar-refractivity contribution in [1.82, 2.24) is 4.90 Å². The highest BCUT2D eigenvalue weighted by Gasteiger charge is 2.32. The second-order valence-electron chi connectivity index (χ2n) is 5.69. The van der Waals surface area contributed by atoms with Gasteiger partial charge in [0.25, 0.3) is 5.69 Å². The number of nitro groups is 1. The van der Waals surface area contributed by atoms with Gasteiger partial charge in [-0.1, -0.05) is 0 Å². The van der Waals surface area contributed by atoms with Gasteiger partial charge in [-0.3, -0.25) is 10.1 Å². The summed E-state index contributed by atoms with van der Waals surface area (Å²) in [6, 6.07) is 4.62. The van der Waals surface area contributed by atoms with Gasteiger partial charge in [-0.05, 0) is 26.6 Å². The number of anilines is 1. The van der Waals surface area contributed by atoms with Gasteiger partial charge >= 0.3 is 0 Å². The summed E-state index contributed by atoms with van der Waals surface area (Å²) in [4.78, 5) is 14.4. The maximum absolute atomic E-state index is 10.8. The van der Waals surface area contributed by atoms with Crippen LogP contribution < -0.4 is 4.90 Å². The highest BCUT2D eigenvalue weighted by Crippen LogP contribution is 2.31. The number of rotatable bonds is 5. The predicted molar refractivity (Wildman–Crippen MR) is 79.3 cm³/mol. The van der Waals surface area contributed by atoms with Crippen molar-refractivity contribution in [3.63, 3.8) is 0 Å². The molecule has 1 aromatic carbocycles. The van der Waals surface area contributed by atoms with Crippen molar-refractivity contribution in [2.45, 2.75) is 25.2 Å². The summed E-state index contributed by atoms with van der Waals surface area (Å²) >= 11 is 0. The fourth-order valence-corrected chi connectivity index (χ4v) is 2.87. The molecular formula is C14H21N3O4. The molecule has 0 saturated carbocycles. The fraction of sp³-hybridized carbons (Fsp3) is 0.571. The van der Waals surface area contributed by atoms with E-state index in [9.17, 15) is 20.3 Å².